The van der Waals surface area contributed by atoms with Crippen molar-refractivity contribution in [2.24, 2.45) is 0 Å². The first-order valence-electron chi connectivity index (χ1n) is 8.38. The van der Waals surface area contributed by atoms with Gasteiger partial charge in [-0.05, 0) is 19.1 Å². The maximum Gasteiger partial charge on any atom is 0.204 e. The van der Waals surface area contributed by atoms with E-state index in [-0.39, 0.29) is 16.8 Å². The number of carbonyl (C=O) groups is 1. The van der Waals surface area contributed by atoms with Crippen molar-refractivity contribution in [3.63, 3.8) is 0 Å². The zero-order valence-corrected chi connectivity index (χ0v) is 14.2. The number of fused-ring (bicyclic) bond motifs is 1. The fourth-order valence-electron chi connectivity index (χ4n) is 3.04. The van der Waals surface area contributed by atoms with Crippen LogP contribution in [0.15, 0.2) is 88.1 Å². The van der Waals surface area contributed by atoms with Crippen LogP contribution in [0.5, 0.6) is 0 Å². The van der Waals surface area contributed by atoms with Gasteiger partial charge in [-0.1, -0.05) is 72.3 Å². The smallest absolute Gasteiger partial charge is 0.204 e. The van der Waals surface area contributed by atoms with Crippen LogP contribution < -0.4 is 5.43 Å². The quantitative estimate of drug-likeness (QED) is 0.493. The molecule has 26 heavy (non-hydrogen) atoms. The van der Waals surface area contributed by atoms with E-state index in [1.54, 1.807) is 36.4 Å². The van der Waals surface area contributed by atoms with E-state index in [1.807, 2.05) is 49.4 Å². The molecule has 0 atom stereocenters. The summed E-state index contributed by atoms with van der Waals surface area (Å²) in [5, 5.41) is 0.420. The van der Waals surface area contributed by atoms with Crippen LogP contribution >= 0.6 is 0 Å². The van der Waals surface area contributed by atoms with Gasteiger partial charge < -0.3 is 4.42 Å². The second kappa shape index (κ2) is 6.45. The molecular weight excluding hydrogens is 324 g/mol. The summed E-state index contributed by atoms with van der Waals surface area (Å²) in [7, 11) is 0. The molecule has 1 heterocycles. The van der Waals surface area contributed by atoms with Crippen LogP contribution in [-0.4, -0.2) is 5.78 Å². The fourth-order valence-corrected chi connectivity index (χ4v) is 3.04. The molecule has 4 rings (SSSR count). The molecule has 0 aliphatic heterocycles. The van der Waals surface area contributed by atoms with Crippen molar-refractivity contribution < 1.29 is 9.21 Å². The summed E-state index contributed by atoms with van der Waals surface area (Å²) in [6.45, 7) is 1.91. The van der Waals surface area contributed by atoms with Gasteiger partial charge in [-0.2, -0.15) is 0 Å². The van der Waals surface area contributed by atoms with Gasteiger partial charge in [0, 0.05) is 11.1 Å². The van der Waals surface area contributed by atoms with Crippen molar-refractivity contribution in [3.05, 3.63) is 106 Å². The van der Waals surface area contributed by atoms with Gasteiger partial charge in [0.15, 0.2) is 0 Å². The van der Waals surface area contributed by atoms with Gasteiger partial charge in [-0.3, -0.25) is 9.59 Å². The fraction of sp³-hybridized carbons (Fsp3) is 0.0435. The number of hydrogen-bond acceptors (Lipinski definition) is 3. The Balaban J connectivity index is 2.07. The third-order valence-corrected chi connectivity index (χ3v) is 4.34. The maximum absolute atomic E-state index is 13.2. The summed E-state index contributed by atoms with van der Waals surface area (Å²) >= 11 is 0. The molecule has 1 aromatic heterocycles. The molecule has 0 saturated carbocycles. The highest BCUT2D eigenvalue weighted by Gasteiger charge is 2.23. The van der Waals surface area contributed by atoms with Crippen molar-refractivity contribution in [3.8, 4) is 11.3 Å². The highest BCUT2D eigenvalue weighted by atomic mass is 16.3. The lowest BCUT2D eigenvalue weighted by Crippen LogP contribution is -2.18. The van der Waals surface area contributed by atoms with Crippen LogP contribution in [0.1, 0.15) is 21.5 Å². The first-order chi connectivity index (χ1) is 12.6. The molecule has 0 fully saturated rings. The van der Waals surface area contributed by atoms with Crippen LogP contribution in [0.2, 0.25) is 0 Å². The predicted octanol–water partition coefficient (Wildman–Crippen LogP) is 5.00. The first-order valence-corrected chi connectivity index (χ1v) is 8.38. The van der Waals surface area contributed by atoms with Gasteiger partial charge in [-0.15, -0.1) is 0 Å². The second-order valence-electron chi connectivity index (χ2n) is 6.20. The average molecular weight is 340 g/mol. The van der Waals surface area contributed by atoms with Crippen LogP contribution in [0.3, 0.4) is 0 Å². The summed E-state index contributed by atoms with van der Waals surface area (Å²) in [4.78, 5) is 26.3. The molecule has 0 aliphatic carbocycles. The van der Waals surface area contributed by atoms with E-state index in [0.29, 0.717) is 27.9 Å². The number of rotatable bonds is 3. The Morgan fingerprint density at radius 2 is 1.50 bits per heavy atom. The predicted molar refractivity (Wildman–Crippen MR) is 103 cm³/mol. The molecular formula is C23H16O3. The van der Waals surface area contributed by atoms with E-state index in [1.165, 1.54) is 0 Å². The van der Waals surface area contributed by atoms with E-state index in [2.05, 4.69) is 0 Å². The minimum Gasteiger partial charge on any atom is -0.455 e. The maximum atomic E-state index is 13.2. The van der Waals surface area contributed by atoms with E-state index in [0.717, 1.165) is 5.56 Å². The highest BCUT2D eigenvalue weighted by Crippen LogP contribution is 2.27. The van der Waals surface area contributed by atoms with Crippen LogP contribution in [0, 0.1) is 6.92 Å². The van der Waals surface area contributed by atoms with E-state index in [9.17, 15) is 9.59 Å². The van der Waals surface area contributed by atoms with Crippen LogP contribution in [0.25, 0.3) is 22.3 Å². The summed E-state index contributed by atoms with van der Waals surface area (Å²) in [6.07, 6.45) is 0. The third kappa shape index (κ3) is 2.74. The van der Waals surface area contributed by atoms with Gasteiger partial charge in [-0.25, -0.2) is 0 Å². The Hall–Kier alpha value is -3.46. The van der Waals surface area contributed by atoms with Crippen LogP contribution in [0.4, 0.5) is 0 Å². The molecule has 126 valence electrons. The summed E-state index contributed by atoms with van der Waals surface area (Å²) < 4.78 is 6.04. The van der Waals surface area contributed by atoms with Gasteiger partial charge in [0.2, 0.25) is 11.2 Å². The number of aryl methyl sites for hydroxylation is 1. The number of benzene rings is 3. The zero-order valence-electron chi connectivity index (χ0n) is 14.2. The Bertz CT molecular complexity index is 1160. The standard InChI is InChI=1S/C23H16O3/c1-15-12-13-19-18(14-15)22(25)20(21(24)16-8-4-2-5-9-16)23(26-19)17-10-6-3-7-11-17/h2-14H,1H3. The topological polar surface area (TPSA) is 47.3 Å². The minimum atomic E-state index is -0.332. The number of hydrogen-bond donors (Lipinski definition) is 0. The van der Waals surface area contributed by atoms with Crippen molar-refractivity contribution in [2.45, 2.75) is 6.92 Å². The summed E-state index contributed by atoms with van der Waals surface area (Å²) in [6, 6.07) is 23.5. The Morgan fingerprint density at radius 3 is 2.19 bits per heavy atom. The molecule has 4 aromatic rings. The molecule has 0 bridgehead atoms. The van der Waals surface area contributed by atoms with Gasteiger partial charge >= 0.3 is 0 Å². The molecule has 3 heteroatoms. The van der Waals surface area contributed by atoms with Crippen molar-refractivity contribution in [1.82, 2.24) is 0 Å². The van der Waals surface area contributed by atoms with Crippen molar-refractivity contribution in [1.29, 1.82) is 0 Å². The van der Waals surface area contributed by atoms with Crippen molar-refractivity contribution in [2.75, 3.05) is 0 Å². The number of ketones is 1. The molecule has 0 radical (unpaired) electrons. The summed E-state index contributed by atoms with van der Waals surface area (Å²) in [5.41, 5.74) is 2.35. The molecule has 3 aromatic carbocycles. The molecule has 0 saturated heterocycles. The molecule has 3 nitrogen and oxygen atoms in total. The summed E-state index contributed by atoms with van der Waals surface area (Å²) in [5.74, 6) is -0.0255. The Labute approximate surface area is 150 Å². The van der Waals surface area contributed by atoms with E-state index in [4.69, 9.17) is 4.42 Å². The molecule has 0 aliphatic rings. The first kappa shape index (κ1) is 16.0. The van der Waals surface area contributed by atoms with Gasteiger partial charge in [0.25, 0.3) is 0 Å². The third-order valence-electron chi connectivity index (χ3n) is 4.34. The van der Waals surface area contributed by atoms with Gasteiger partial charge in [0.1, 0.15) is 16.9 Å². The molecule has 0 unspecified atom stereocenters. The molecule has 0 N–H and O–H groups in total. The lowest BCUT2D eigenvalue weighted by molar-refractivity contribution is 0.103. The lowest BCUT2D eigenvalue weighted by Gasteiger charge is -2.10. The average Bonchev–Trinajstić information content (AvgIpc) is 2.69. The Morgan fingerprint density at radius 1 is 0.846 bits per heavy atom. The van der Waals surface area contributed by atoms with E-state index < -0.39 is 0 Å². The normalized spacial score (nSPS) is 10.8. The zero-order chi connectivity index (χ0) is 18.1. The molecule has 0 amide bonds. The van der Waals surface area contributed by atoms with Crippen LogP contribution in [-0.2, 0) is 0 Å². The monoisotopic (exact) mass is 340 g/mol. The highest BCUT2D eigenvalue weighted by molar-refractivity contribution is 6.13. The Kier molecular flexibility index (Phi) is 3.98. The van der Waals surface area contributed by atoms with E-state index >= 15 is 0 Å². The molecule has 0 spiro atoms. The minimum absolute atomic E-state index is 0.0699. The lowest BCUT2D eigenvalue weighted by atomic mass is 9.97. The second-order valence-corrected chi connectivity index (χ2v) is 6.20. The van der Waals surface area contributed by atoms with Crippen molar-refractivity contribution >= 4 is 16.8 Å². The SMILES string of the molecule is Cc1ccc2oc(-c3ccccc3)c(C(=O)c3ccccc3)c(=O)c2c1. The van der Waals surface area contributed by atoms with Gasteiger partial charge in [0.05, 0.1) is 5.39 Å². The number of carbonyl (C=O) groups excluding carboxylic acids is 1. The largest absolute Gasteiger partial charge is 0.455 e.